The van der Waals surface area contributed by atoms with Crippen LogP contribution in [0.15, 0.2) is 34.5 Å². The van der Waals surface area contributed by atoms with Gasteiger partial charge in [-0.3, -0.25) is 10.1 Å². The van der Waals surface area contributed by atoms with Gasteiger partial charge in [-0.15, -0.1) is 22.7 Å². The summed E-state index contributed by atoms with van der Waals surface area (Å²) in [5.74, 6) is -0.278. The van der Waals surface area contributed by atoms with Crippen LogP contribution in [-0.2, 0) is 0 Å². The van der Waals surface area contributed by atoms with E-state index in [9.17, 15) is 4.79 Å². The number of rotatable bonds is 3. The van der Waals surface area contributed by atoms with Crippen molar-refractivity contribution in [3.63, 3.8) is 0 Å². The maximum absolute atomic E-state index is 11.9. The molecule has 0 saturated heterocycles. The van der Waals surface area contributed by atoms with Crippen LogP contribution in [0.1, 0.15) is 10.5 Å². The highest BCUT2D eigenvalue weighted by atomic mass is 35.5. The highest BCUT2D eigenvalue weighted by molar-refractivity contribution is 7.14. The molecule has 0 saturated carbocycles. The quantitative estimate of drug-likeness (QED) is 0.732. The predicted octanol–water partition coefficient (Wildman–Crippen LogP) is 4.83. The van der Waals surface area contributed by atoms with E-state index in [1.54, 1.807) is 29.1 Å². The van der Waals surface area contributed by atoms with Gasteiger partial charge < -0.3 is 0 Å². The van der Waals surface area contributed by atoms with Crippen LogP contribution in [-0.4, -0.2) is 15.9 Å². The summed E-state index contributed by atoms with van der Waals surface area (Å²) >= 11 is 14.7. The molecule has 2 aromatic heterocycles. The molecular weight excluding hydrogens is 349 g/mol. The van der Waals surface area contributed by atoms with Crippen molar-refractivity contribution in [2.24, 2.45) is 0 Å². The molecule has 21 heavy (non-hydrogen) atoms. The monoisotopic (exact) mass is 355 g/mol. The highest BCUT2D eigenvalue weighted by Gasteiger charge is 2.12. The molecule has 0 fully saturated rings. The second-order valence-corrected chi connectivity index (χ2v) is 6.41. The average molecular weight is 356 g/mol. The van der Waals surface area contributed by atoms with Crippen molar-refractivity contribution in [3.8, 4) is 11.3 Å². The maximum atomic E-state index is 11.9. The minimum absolute atomic E-state index is 0.278. The molecular formula is C13H7Cl2N3OS2. The SMILES string of the molecule is O=C(Nc1nc(-c2ccc(Cl)cc2Cl)cs1)c1cscn1. The lowest BCUT2D eigenvalue weighted by Crippen LogP contribution is -2.11. The molecule has 0 aliphatic rings. The number of carbonyl (C=O) groups excluding carboxylic acids is 1. The summed E-state index contributed by atoms with van der Waals surface area (Å²) in [4.78, 5) is 20.2. The van der Waals surface area contributed by atoms with E-state index in [-0.39, 0.29) is 5.91 Å². The van der Waals surface area contributed by atoms with Gasteiger partial charge in [-0.1, -0.05) is 23.2 Å². The zero-order valence-corrected chi connectivity index (χ0v) is 13.5. The number of nitrogens with zero attached hydrogens (tertiary/aromatic N) is 2. The van der Waals surface area contributed by atoms with Gasteiger partial charge in [0.1, 0.15) is 5.69 Å². The molecule has 0 atom stereocenters. The molecule has 3 rings (SSSR count). The molecule has 1 aromatic carbocycles. The molecule has 2 heterocycles. The first-order valence-electron chi connectivity index (χ1n) is 5.74. The van der Waals surface area contributed by atoms with Crippen molar-refractivity contribution < 1.29 is 4.79 Å². The fraction of sp³-hybridized carbons (Fsp3) is 0. The number of thiazole rings is 2. The van der Waals surface area contributed by atoms with Crippen molar-refractivity contribution in [3.05, 3.63) is 50.2 Å². The van der Waals surface area contributed by atoms with Crippen LogP contribution in [0.4, 0.5) is 5.13 Å². The normalized spacial score (nSPS) is 10.6. The second kappa shape index (κ2) is 6.11. The van der Waals surface area contributed by atoms with Crippen molar-refractivity contribution in [1.29, 1.82) is 0 Å². The Balaban J connectivity index is 1.82. The second-order valence-electron chi connectivity index (χ2n) is 3.99. The Morgan fingerprint density at radius 2 is 2.10 bits per heavy atom. The van der Waals surface area contributed by atoms with Gasteiger partial charge in [-0.05, 0) is 18.2 Å². The van der Waals surface area contributed by atoms with Gasteiger partial charge in [-0.25, -0.2) is 9.97 Å². The first kappa shape index (κ1) is 14.5. The van der Waals surface area contributed by atoms with E-state index in [0.29, 0.717) is 26.6 Å². The molecule has 0 bridgehead atoms. The van der Waals surface area contributed by atoms with E-state index in [2.05, 4.69) is 15.3 Å². The van der Waals surface area contributed by atoms with Crippen LogP contribution in [0, 0.1) is 0 Å². The zero-order chi connectivity index (χ0) is 14.8. The van der Waals surface area contributed by atoms with Crippen molar-refractivity contribution in [2.75, 3.05) is 5.32 Å². The smallest absolute Gasteiger partial charge is 0.276 e. The largest absolute Gasteiger partial charge is 0.296 e. The van der Waals surface area contributed by atoms with Crippen molar-refractivity contribution in [2.45, 2.75) is 0 Å². The van der Waals surface area contributed by atoms with Gasteiger partial charge in [0, 0.05) is 21.3 Å². The Hall–Kier alpha value is -1.47. The fourth-order valence-electron chi connectivity index (χ4n) is 1.64. The van der Waals surface area contributed by atoms with Gasteiger partial charge in [0.2, 0.25) is 0 Å². The van der Waals surface area contributed by atoms with Crippen LogP contribution in [0.25, 0.3) is 11.3 Å². The minimum atomic E-state index is -0.278. The number of amides is 1. The molecule has 106 valence electrons. The number of anilines is 1. The summed E-state index contributed by atoms with van der Waals surface area (Å²) in [6.45, 7) is 0. The van der Waals surface area contributed by atoms with Crippen molar-refractivity contribution >= 4 is 56.9 Å². The highest BCUT2D eigenvalue weighted by Crippen LogP contribution is 2.32. The molecule has 0 radical (unpaired) electrons. The van der Waals surface area contributed by atoms with Gasteiger partial charge in [0.25, 0.3) is 5.91 Å². The summed E-state index contributed by atoms with van der Waals surface area (Å²) in [5.41, 5.74) is 3.44. The number of halogens is 2. The van der Waals surface area contributed by atoms with E-state index in [1.807, 2.05) is 5.38 Å². The standard InChI is InChI=1S/C13H7Cl2N3OS2/c14-7-1-2-8(9(15)3-7)10-5-21-13(17-10)18-12(19)11-4-20-6-16-11/h1-6H,(H,17,18,19). The third-order valence-corrected chi connectivity index (χ3v) is 4.49. The molecule has 3 aromatic rings. The van der Waals surface area contributed by atoms with Gasteiger partial charge in [0.05, 0.1) is 16.2 Å². The lowest BCUT2D eigenvalue weighted by molar-refractivity contribution is 0.102. The Bertz CT molecular complexity index is 787. The van der Waals surface area contributed by atoms with E-state index < -0.39 is 0 Å². The van der Waals surface area contributed by atoms with Gasteiger partial charge in [0.15, 0.2) is 5.13 Å². The van der Waals surface area contributed by atoms with Gasteiger partial charge in [-0.2, -0.15) is 0 Å². The van der Waals surface area contributed by atoms with E-state index in [1.165, 1.54) is 22.7 Å². The third kappa shape index (κ3) is 3.24. The molecule has 1 N–H and O–H groups in total. The lowest BCUT2D eigenvalue weighted by Gasteiger charge is -2.01. The molecule has 0 aliphatic carbocycles. The summed E-state index contributed by atoms with van der Waals surface area (Å²) in [6.07, 6.45) is 0. The number of hydrogen-bond acceptors (Lipinski definition) is 5. The number of benzene rings is 1. The van der Waals surface area contributed by atoms with Gasteiger partial charge >= 0.3 is 0 Å². The molecule has 0 aliphatic heterocycles. The number of nitrogens with one attached hydrogen (secondary N) is 1. The average Bonchev–Trinajstić information content (AvgIpc) is 3.09. The molecule has 1 amide bonds. The van der Waals surface area contributed by atoms with Crippen LogP contribution in [0.2, 0.25) is 10.0 Å². The van der Waals surface area contributed by atoms with Crippen molar-refractivity contribution in [1.82, 2.24) is 9.97 Å². The topological polar surface area (TPSA) is 54.9 Å². The predicted molar refractivity (Wildman–Crippen MR) is 87.6 cm³/mol. The van der Waals surface area contributed by atoms with Crippen LogP contribution >= 0.6 is 45.9 Å². The fourth-order valence-corrected chi connectivity index (χ4v) is 3.38. The number of carbonyl (C=O) groups is 1. The summed E-state index contributed by atoms with van der Waals surface area (Å²) in [6, 6.07) is 5.20. The zero-order valence-electron chi connectivity index (χ0n) is 10.3. The molecule has 0 unspecified atom stereocenters. The summed E-state index contributed by atoms with van der Waals surface area (Å²) < 4.78 is 0. The molecule has 0 spiro atoms. The Morgan fingerprint density at radius 1 is 1.24 bits per heavy atom. The van der Waals surface area contributed by atoms with E-state index >= 15 is 0 Å². The maximum Gasteiger partial charge on any atom is 0.276 e. The van der Waals surface area contributed by atoms with Crippen LogP contribution in [0.5, 0.6) is 0 Å². The van der Waals surface area contributed by atoms with E-state index in [4.69, 9.17) is 23.2 Å². The lowest BCUT2D eigenvalue weighted by atomic mass is 10.2. The van der Waals surface area contributed by atoms with E-state index in [0.717, 1.165) is 5.56 Å². The first-order chi connectivity index (χ1) is 10.1. The summed E-state index contributed by atoms with van der Waals surface area (Å²) in [5, 5.41) is 7.79. The Morgan fingerprint density at radius 3 is 2.81 bits per heavy atom. The molecule has 8 heteroatoms. The first-order valence-corrected chi connectivity index (χ1v) is 8.32. The number of hydrogen-bond donors (Lipinski definition) is 1. The Labute approximate surface area is 138 Å². The third-order valence-electron chi connectivity index (χ3n) is 2.60. The molecule has 4 nitrogen and oxygen atoms in total. The van der Waals surface area contributed by atoms with Crippen LogP contribution in [0.3, 0.4) is 0 Å². The Kier molecular flexibility index (Phi) is 4.21. The van der Waals surface area contributed by atoms with Crippen LogP contribution < -0.4 is 5.32 Å². The summed E-state index contributed by atoms with van der Waals surface area (Å²) in [7, 11) is 0. The minimum Gasteiger partial charge on any atom is -0.296 e. The number of aromatic nitrogens is 2.